The van der Waals surface area contributed by atoms with Crippen LogP contribution < -0.4 is 9.47 Å². The fourth-order valence-electron chi connectivity index (χ4n) is 1.90. The highest BCUT2D eigenvalue weighted by molar-refractivity contribution is 6.13. The number of aliphatic imine (C=N–C) groups is 1. The second-order valence-electron chi connectivity index (χ2n) is 4.41. The van der Waals surface area contributed by atoms with Crippen molar-refractivity contribution in [1.29, 1.82) is 5.26 Å². The van der Waals surface area contributed by atoms with Gasteiger partial charge in [-0.25, -0.2) is 4.99 Å². The normalized spacial score (nSPS) is 10.7. The summed E-state index contributed by atoms with van der Waals surface area (Å²) in [6.45, 7) is 0. The van der Waals surface area contributed by atoms with E-state index in [2.05, 4.69) is 4.99 Å². The van der Waals surface area contributed by atoms with Crippen LogP contribution in [0.25, 0.3) is 0 Å². The number of hydrogen-bond acceptors (Lipinski definition) is 6. The van der Waals surface area contributed by atoms with Crippen LogP contribution in [0.4, 0.5) is 11.4 Å². The summed E-state index contributed by atoms with van der Waals surface area (Å²) in [4.78, 5) is 14.5. The molecule has 116 valence electrons. The molecule has 0 aliphatic carbocycles. The second kappa shape index (κ2) is 7.04. The number of nitro groups is 1. The van der Waals surface area contributed by atoms with Crippen LogP contribution in [0.5, 0.6) is 11.5 Å². The Kier molecular flexibility index (Phi) is 4.89. The molecule has 0 amide bonds. The predicted molar refractivity (Wildman–Crippen MR) is 84.5 cm³/mol. The average Bonchev–Trinajstić information content (AvgIpc) is 2.59. The molecule has 0 bridgehead atoms. The number of ether oxygens (including phenoxy) is 2. The number of hydrogen-bond donors (Lipinski definition) is 0. The van der Waals surface area contributed by atoms with E-state index in [4.69, 9.17) is 9.47 Å². The minimum Gasteiger partial charge on any atom is -0.497 e. The van der Waals surface area contributed by atoms with Crippen LogP contribution in [0.3, 0.4) is 0 Å². The third-order valence-electron chi connectivity index (χ3n) is 3.08. The summed E-state index contributed by atoms with van der Waals surface area (Å²) in [5.74, 6) is 1.06. The molecule has 0 aliphatic heterocycles. The molecule has 0 unspecified atom stereocenters. The van der Waals surface area contributed by atoms with Gasteiger partial charge in [0.1, 0.15) is 29.0 Å². The standard InChI is InChI=1S/C16H13N3O4/c1-22-13-7-8-16(23-2)14(9-13)18-15(10-17)11-3-5-12(6-4-11)19(20)21/h3-9H,1-2H3. The third kappa shape index (κ3) is 3.63. The van der Waals surface area contributed by atoms with Crippen molar-refractivity contribution in [3.63, 3.8) is 0 Å². The Morgan fingerprint density at radius 3 is 2.39 bits per heavy atom. The first-order valence-corrected chi connectivity index (χ1v) is 6.54. The molecule has 0 aromatic heterocycles. The molecule has 0 aliphatic rings. The van der Waals surface area contributed by atoms with Crippen molar-refractivity contribution in [2.45, 2.75) is 0 Å². The van der Waals surface area contributed by atoms with E-state index < -0.39 is 4.92 Å². The molecule has 0 fully saturated rings. The van der Waals surface area contributed by atoms with Gasteiger partial charge in [0.15, 0.2) is 0 Å². The maximum atomic E-state index is 10.7. The maximum absolute atomic E-state index is 10.7. The van der Waals surface area contributed by atoms with Gasteiger partial charge >= 0.3 is 0 Å². The van der Waals surface area contributed by atoms with E-state index in [9.17, 15) is 15.4 Å². The number of nitrogens with zero attached hydrogens (tertiary/aromatic N) is 3. The molecule has 0 atom stereocenters. The third-order valence-corrected chi connectivity index (χ3v) is 3.08. The van der Waals surface area contributed by atoms with Gasteiger partial charge in [-0.2, -0.15) is 5.26 Å². The number of nitriles is 1. The molecule has 2 rings (SSSR count). The summed E-state index contributed by atoms with van der Waals surface area (Å²) >= 11 is 0. The van der Waals surface area contributed by atoms with Crippen molar-refractivity contribution in [3.05, 3.63) is 58.1 Å². The summed E-state index contributed by atoms with van der Waals surface area (Å²) in [5, 5.41) is 20.0. The summed E-state index contributed by atoms with van der Waals surface area (Å²) in [5.41, 5.74) is 0.973. The van der Waals surface area contributed by atoms with E-state index in [0.717, 1.165) is 0 Å². The zero-order valence-electron chi connectivity index (χ0n) is 12.5. The Morgan fingerprint density at radius 1 is 1.17 bits per heavy atom. The van der Waals surface area contributed by atoms with Crippen LogP contribution in [-0.2, 0) is 0 Å². The minimum atomic E-state index is -0.502. The van der Waals surface area contributed by atoms with Crippen molar-refractivity contribution in [3.8, 4) is 17.6 Å². The maximum Gasteiger partial charge on any atom is 0.269 e. The molecule has 7 nitrogen and oxygen atoms in total. The molecule has 0 N–H and O–H groups in total. The van der Waals surface area contributed by atoms with Gasteiger partial charge in [0, 0.05) is 23.8 Å². The summed E-state index contributed by atoms with van der Waals surface area (Å²) in [6, 6.07) is 12.6. The first-order chi connectivity index (χ1) is 11.1. The average molecular weight is 311 g/mol. The number of nitro benzene ring substituents is 1. The van der Waals surface area contributed by atoms with Crippen LogP contribution in [0.1, 0.15) is 5.56 Å². The smallest absolute Gasteiger partial charge is 0.269 e. The zero-order chi connectivity index (χ0) is 16.8. The fraction of sp³-hybridized carbons (Fsp3) is 0.125. The highest BCUT2D eigenvalue weighted by Crippen LogP contribution is 2.32. The van der Waals surface area contributed by atoms with Gasteiger partial charge in [-0.15, -0.1) is 0 Å². The van der Waals surface area contributed by atoms with Gasteiger partial charge in [-0.05, 0) is 24.3 Å². The Morgan fingerprint density at radius 2 is 1.87 bits per heavy atom. The Bertz CT molecular complexity index is 792. The summed E-state index contributed by atoms with van der Waals surface area (Å²) in [7, 11) is 3.02. The summed E-state index contributed by atoms with van der Waals surface area (Å²) < 4.78 is 10.3. The van der Waals surface area contributed by atoms with Gasteiger partial charge in [0.25, 0.3) is 5.69 Å². The van der Waals surface area contributed by atoms with Crippen molar-refractivity contribution < 1.29 is 14.4 Å². The number of methoxy groups -OCH3 is 2. The lowest BCUT2D eigenvalue weighted by atomic mass is 10.1. The van der Waals surface area contributed by atoms with Crippen molar-refractivity contribution >= 4 is 17.1 Å². The van der Waals surface area contributed by atoms with E-state index in [1.54, 1.807) is 18.2 Å². The van der Waals surface area contributed by atoms with Crippen LogP contribution in [-0.4, -0.2) is 24.9 Å². The van der Waals surface area contributed by atoms with Crippen molar-refractivity contribution in [1.82, 2.24) is 0 Å². The quantitative estimate of drug-likeness (QED) is 0.479. The highest BCUT2D eigenvalue weighted by atomic mass is 16.6. The fourth-order valence-corrected chi connectivity index (χ4v) is 1.90. The SMILES string of the molecule is COc1ccc(OC)c(N=C(C#N)c2ccc([N+](=O)[O-])cc2)c1. The van der Waals surface area contributed by atoms with E-state index in [1.165, 1.54) is 38.5 Å². The lowest BCUT2D eigenvalue weighted by Crippen LogP contribution is -1.98. The van der Waals surface area contributed by atoms with Gasteiger partial charge in [-0.3, -0.25) is 10.1 Å². The molecule has 0 radical (unpaired) electrons. The molecular formula is C16H13N3O4. The van der Waals surface area contributed by atoms with Gasteiger partial charge in [-0.1, -0.05) is 0 Å². The van der Waals surface area contributed by atoms with E-state index in [1.807, 2.05) is 6.07 Å². The Hall–Kier alpha value is -3.40. The minimum absolute atomic E-state index is 0.0509. The molecule has 0 heterocycles. The molecular weight excluding hydrogens is 298 g/mol. The van der Waals surface area contributed by atoms with Gasteiger partial charge in [0.2, 0.25) is 0 Å². The second-order valence-corrected chi connectivity index (χ2v) is 4.41. The monoisotopic (exact) mass is 311 g/mol. The van der Waals surface area contributed by atoms with Crippen LogP contribution in [0.15, 0.2) is 47.5 Å². The lowest BCUT2D eigenvalue weighted by Gasteiger charge is -2.07. The predicted octanol–water partition coefficient (Wildman–Crippen LogP) is 3.26. The van der Waals surface area contributed by atoms with Gasteiger partial charge in [0.05, 0.1) is 19.1 Å². The van der Waals surface area contributed by atoms with E-state index in [0.29, 0.717) is 22.7 Å². The number of benzene rings is 2. The number of non-ortho nitro benzene ring substituents is 1. The molecule has 2 aromatic carbocycles. The molecule has 2 aromatic rings. The number of rotatable bonds is 5. The first kappa shape index (κ1) is 16.0. The van der Waals surface area contributed by atoms with Crippen LogP contribution in [0.2, 0.25) is 0 Å². The molecule has 0 saturated carbocycles. The lowest BCUT2D eigenvalue weighted by molar-refractivity contribution is -0.384. The van der Waals surface area contributed by atoms with Crippen LogP contribution >= 0.6 is 0 Å². The zero-order valence-corrected chi connectivity index (χ0v) is 12.5. The van der Waals surface area contributed by atoms with Crippen LogP contribution in [0, 0.1) is 21.4 Å². The topological polar surface area (TPSA) is 97.8 Å². The Balaban J connectivity index is 2.46. The summed E-state index contributed by atoms with van der Waals surface area (Å²) in [6.07, 6.45) is 0. The van der Waals surface area contributed by atoms with E-state index in [-0.39, 0.29) is 11.4 Å². The first-order valence-electron chi connectivity index (χ1n) is 6.54. The highest BCUT2D eigenvalue weighted by Gasteiger charge is 2.10. The van der Waals surface area contributed by atoms with E-state index >= 15 is 0 Å². The largest absolute Gasteiger partial charge is 0.497 e. The molecule has 7 heteroatoms. The van der Waals surface area contributed by atoms with Crippen molar-refractivity contribution in [2.75, 3.05) is 14.2 Å². The molecule has 0 spiro atoms. The van der Waals surface area contributed by atoms with Gasteiger partial charge < -0.3 is 9.47 Å². The molecule has 23 heavy (non-hydrogen) atoms. The molecule has 0 saturated heterocycles. The Labute approximate surface area is 132 Å². The van der Waals surface area contributed by atoms with Crippen molar-refractivity contribution in [2.24, 2.45) is 4.99 Å².